The van der Waals surface area contributed by atoms with Gasteiger partial charge in [0, 0.05) is 19.0 Å². The Balaban J connectivity index is 1.23. The maximum atomic E-state index is 13.2. The molecular weight excluding hydrogens is 738 g/mol. The van der Waals surface area contributed by atoms with Crippen LogP contribution in [0.25, 0.3) is 11.3 Å². The van der Waals surface area contributed by atoms with Crippen LogP contribution in [0.4, 0.5) is 16.4 Å². The molecule has 19 nitrogen and oxygen atoms in total. The third-order valence-electron chi connectivity index (χ3n) is 7.57. The van der Waals surface area contributed by atoms with Crippen molar-refractivity contribution in [3.8, 4) is 28.8 Å². The lowest BCUT2D eigenvalue weighted by atomic mass is 10.1. The molecule has 2 heterocycles. The Kier molecular flexibility index (Phi) is 15.7. The summed E-state index contributed by atoms with van der Waals surface area (Å²) in [5, 5.41) is 31.8. The summed E-state index contributed by atoms with van der Waals surface area (Å²) < 4.78 is 16.7. The number of hydrogen-bond acceptors (Lipinski definition) is 13. The second-order valence-corrected chi connectivity index (χ2v) is 13.2. The highest BCUT2D eigenvalue weighted by Gasteiger charge is 2.23. The van der Waals surface area contributed by atoms with Gasteiger partial charge in [0.15, 0.2) is 11.5 Å². The van der Waals surface area contributed by atoms with Crippen molar-refractivity contribution in [3.63, 3.8) is 0 Å². The minimum Gasteiger partial charge on any atom is -0.496 e. The minimum absolute atomic E-state index is 0.125. The molecule has 0 unspecified atom stereocenters. The van der Waals surface area contributed by atoms with Gasteiger partial charge in [-0.2, -0.15) is 10.4 Å². The maximum absolute atomic E-state index is 13.2. The molecule has 0 saturated heterocycles. The molecule has 0 fully saturated rings. The van der Waals surface area contributed by atoms with Crippen molar-refractivity contribution >= 4 is 41.4 Å². The van der Waals surface area contributed by atoms with Crippen LogP contribution < -0.4 is 41.4 Å². The number of aromatic nitrogens is 4. The van der Waals surface area contributed by atoms with Crippen molar-refractivity contribution < 1.29 is 38.2 Å². The van der Waals surface area contributed by atoms with Crippen LogP contribution >= 0.6 is 0 Å². The summed E-state index contributed by atoms with van der Waals surface area (Å²) in [7, 11) is 1.53. The zero-order valence-electron chi connectivity index (χ0n) is 31.9. The van der Waals surface area contributed by atoms with Crippen LogP contribution in [0.2, 0.25) is 0 Å². The minimum atomic E-state index is -1.05. The average Bonchev–Trinajstić information content (AvgIpc) is 3.65. The van der Waals surface area contributed by atoms with Crippen LogP contribution in [0.5, 0.6) is 11.5 Å². The first-order chi connectivity index (χ1) is 27.3. The number of nitrogens with one attached hydrogen (secondary N) is 7. The Morgan fingerprint density at radius 2 is 1.56 bits per heavy atom. The van der Waals surface area contributed by atoms with Crippen LogP contribution in [0.15, 0.2) is 67.0 Å². The van der Waals surface area contributed by atoms with Crippen molar-refractivity contribution in [1.29, 1.82) is 5.26 Å². The molecular formula is C38H45N11O8. The first-order valence-corrected chi connectivity index (χ1v) is 17.8. The highest BCUT2D eigenvalue weighted by Crippen LogP contribution is 2.38. The number of alkyl carbamates (subject to hydrolysis) is 1. The standard InChI is InChI=1S/C38H45N11O8/c1-38(2,3)57-37(54)45-22-33(51)43-23-34(52)46-27(16-24-10-6-5-7-11-24)36(53)44-21-32(50)40-14-9-15-56-29-13-8-12-28(55-4)35(29)26-17-30(49-48-26)47-31-20-41-25(18-39)19-42-31/h5-8,10-13,17,19-20,27H,9,14-16,21-23H2,1-4H3,(H,40,50)(H,43,51)(H,44,53)(H,45,54)(H,46,52)(H2,42,47,48,49)/t27-/m0/s1. The van der Waals surface area contributed by atoms with Gasteiger partial charge in [-0.05, 0) is 44.9 Å². The van der Waals surface area contributed by atoms with Crippen LogP contribution in [0.3, 0.4) is 0 Å². The van der Waals surface area contributed by atoms with E-state index in [-0.39, 0.29) is 31.8 Å². The van der Waals surface area contributed by atoms with Gasteiger partial charge in [0.25, 0.3) is 0 Å². The molecule has 7 N–H and O–H groups in total. The van der Waals surface area contributed by atoms with E-state index in [9.17, 15) is 24.0 Å². The molecule has 0 spiro atoms. The van der Waals surface area contributed by atoms with Crippen LogP contribution in [-0.2, 0) is 30.3 Å². The summed E-state index contributed by atoms with van der Waals surface area (Å²) in [6.07, 6.45) is 2.53. The number of benzene rings is 2. The molecule has 1 atom stereocenters. The average molecular weight is 784 g/mol. The van der Waals surface area contributed by atoms with E-state index in [0.717, 1.165) is 5.56 Å². The molecule has 19 heteroatoms. The zero-order valence-corrected chi connectivity index (χ0v) is 31.9. The normalized spacial score (nSPS) is 11.2. The molecule has 0 saturated carbocycles. The first kappa shape index (κ1) is 42.5. The summed E-state index contributed by atoms with van der Waals surface area (Å²) in [4.78, 5) is 70.6. The third kappa shape index (κ3) is 14.5. The fraction of sp³-hybridized carbons (Fsp3) is 0.342. The number of nitrogens with zero attached hydrogens (tertiary/aromatic N) is 4. The van der Waals surface area contributed by atoms with Gasteiger partial charge in [-0.15, -0.1) is 0 Å². The number of H-pyrrole nitrogens is 1. The number of aromatic amines is 1. The summed E-state index contributed by atoms with van der Waals surface area (Å²) >= 11 is 0. The van der Waals surface area contributed by atoms with E-state index < -0.39 is 54.5 Å². The van der Waals surface area contributed by atoms with E-state index in [1.54, 1.807) is 69.3 Å². The molecule has 4 rings (SSSR count). The van der Waals surface area contributed by atoms with Gasteiger partial charge in [0.05, 0.1) is 50.5 Å². The summed E-state index contributed by atoms with van der Waals surface area (Å²) in [5.41, 5.74) is 1.41. The van der Waals surface area contributed by atoms with Gasteiger partial charge in [0.2, 0.25) is 23.6 Å². The molecule has 0 aliphatic heterocycles. The predicted octanol–water partition coefficient (Wildman–Crippen LogP) is 1.86. The van der Waals surface area contributed by atoms with Crippen molar-refractivity contribution in [1.82, 2.24) is 46.7 Å². The number of anilines is 2. The van der Waals surface area contributed by atoms with Gasteiger partial charge < -0.3 is 46.1 Å². The molecule has 0 aliphatic carbocycles. The first-order valence-electron chi connectivity index (χ1n) is 17.8. The smallest absolute Gasteiger partial charge is 0.408 e. The molecule has 0 radical (unpaired) electrons. The maximum Gasteiger partial charge on any atom is 0.408 e. The molecule has 2 aromatic heterocycles. The quantitative estimate of drug-likeness (QED) is 0.0671. The number of nitriles is 1. The fourth-order valence-corrected chi connectivity index (χ4v) is 5.01. The summed E-state index contributed by atoms with van der Waals surface area (Å²) in [6.45, 7) is 4.29. The van der Waals surface area contributed by atoms with E-state index in [1.807, 2.05) is 12.1 Å². The Labute approximate surface area is 328 Å². The van der Waals surface area contributed by atoms with Gasteiger partial charge >= 0.3 is 6.09 Å². The fourth-order valence-electron chi connectivity index (χ4n) is 5.01. The van der Waals surface area contributed by atoms with Gasteiger partial charge in [-0.25, -0.2) is 14.8 Å². The molecule has 4 aromatic rings. The number of rotatable bonds is 19. The predicted molar refractivity (Wildman–Crippen MR) is 206 cm³/mol. The monoisotopic (exact) mass is 783 g/mol. The van der Waals surface area contributed by atoms with Gasteiger partial charge in [-0.3, -0.25) is 24.3 Å². The highest BCUT2D eigenvalue weighted by atomic mass is 16.6. The van der Waals surface area contributed by atoms with Crippen molar-refractivity contribution in [2.24, 2.45) is 0 Å². The van der Waals surface area contributed by atoms with Crippen LogP contribution in [-0.4, -0.2) is 101 Å². The van der Waals surface area contributed by atoms with Crippen molar-refractivity contribution in [3.05, 3.63) is 78.2 Å². The van der Waals surface area contributed by atoms with E-state index in [4.69, 9.17) is 19.5 Å². The van der Waals surface area contributed by atoms with Crippen molar-refractivity contribution in [2.75, 3.05) is 45.2 Å². The highest BCUT2D eigenvalue weighted by molar-refractivity contribution is 5.92. The number of amides is 5. The van der Waals surface area contributed by atoms with Crippen molar-refractivity contribution in [2.45, 2.75) is 45.3 Å². The summed E-state index contributed by atoms with van der Waals surface area (Å²) in [5.74, 6) is -0.463. The van der Waals surface area contributed by atoms with E-state index >= 15 is 0 Å². The summed E-state index contributed by atoms with van der Waals surface area (Å²) in [6, 6.07) is 16.9. The molecule has 0 aliphatic rings. The zero-order chi connectivity index (χ0) is 41.2. The second kappa shape index (κ2) is 21.0. The topological polar surface area (TPSA) is 263 Å². The van der Waals surface area contributed by atoms with Gasteiger partial charge in [0.1, 0.15) is 41.6 Å². The molecule has 0 bridgehead atoms. The molecule has 5 amide bonds. The number of carbonyl (C=O) groups excluding carboxylic acids is 5. The lowest BCUT2D eigenvalue weighted by Crippen LogP contribution is -2.52. The number of carbonyl (C=O) groups is 5. The Hall–Kier alpha value is -7.23. The van der Waals surface area contributed by atoms with Crippen LogP contribution in [0.1, 0.15) is 38.4 Å². The molecule has 2 aromatic carbocycles. The lowest BCUT2D eigenvalue weighted by molar-refractivity contribution is -0.130. The Morgan fingerprint density at radius 3 is 2.26 bits per heavy atom. The number of ether oxygens (including phenoxy) is 3. The molecule has 300 valence electrons. The van der Waals surface area contributed by atoms with Gasteiger partial charge in [-0.1, -0.05) is 36.4 Å². The SMILES string of the molecule is COc1cccc(OCCCNC(=O)CNC(=O)[C@H](Cc2ccccc2)NC(=O)CNC(=O)CNC(=O)OC(C)(C)C)c1-c1cc(Nc2cnc(C#N)cn2)n[nH]1. The number of hydrogen-bond donors (Lipinski definition) is 7. The molecule has 57 heavy (non-hydrogen) atoms. The Bertz CT molecular complexity index is 2030. The largest absolute Gasteiger partial charge is 0.496 e. The third-order valence-corrected chi connectivity index (χ3v) is 7.57. The second-order valence-electron chi connectivity index (χ2n) is 13.2. The van der Waals surface area contributed by atoms with E-state index in [1.165, 1.54) is 19.5 Å². The Morgan fingerprint density at radius 1 is 0.842 bits per heavy atom. The lowest BCUT2D eigenvalue weighted by Gasteiger charge is -2.20. The van der Waals surface area contributed by atoms with E-state index in [0.29, 0.717) is 40.8 Å². The number of methoxy groups -OCH3 is 1. The van der Waals surface area contributed by atoms with Crippen LogP contribution in [0, 0.1) is 11.3 Å². The van der Waals surface area contributed by atoms with E-state index in [2.05, 4.69) is 52.1 Å².